The zero-order valence-corrected chi connectivity index (χ0v) is 18.9. The standard InChI is InChI=1S/C10H11.3C4H9.Sn/c1-10(7-8-10)9-5-3-2-4-6-9;3*1-3-4-2;/h2-7H,8H2,1H3;3*1,3-4H2,2H3;/t10-;;;;/m1..../s1. The van der Waals surface area contributed by atoms with Crippen LogP contribution < -0.4 is 0 Å². The Balaban J connectivity index is 2.21. The zero-order valence-electron chi connectivity index (χ0n) is 16.0. The molecule has 0 N–H and O–H groups in total. The second-order valence-corrected chi connectivity index (χ2v) is 22.3. The summed E-state index contributed by atoms with van der Waals surface area (Å²) in [7, 11) is 0. The Kier molecular flexibility index (Phi) is 7.50. The van der Waals surface area contributed by atoms with E-state index in [1.165, 1.54) is 44.9 Å². The first-order chi connectivity index (χ1) is 11.1. The molecule has 23 heavy (non-hydrogen) atoms. The predicted molar refractivity (Wildman–Crippen MR) is 107 cm³/mol. The maximum absolute atomic E-state index is 2.59. The predicted octanol–water partition coefficient (Wildman–Crippen LogP) is 7.57. The molecule has 0 radical (unpaired) electrons. The van der Waals surface area contributed by atoms with Crippen LogP contribution in [0.15, 0.2) is 30.3 Å². The third-order valence-corrected chi connectivity index (χ3v) is 24.7. The topological polar surface area (TPSA) is 0 Å². The van der Waals surface area contributed by atoms with Gasteiger partial charge in [0.2, 0.25) is 0 Å². The van der Waals surface area contributed by atoms with Gasteiger partial charge in [0.25, 0.3) is 0 Å². The van der Waals surface area contributed by atoms with E-state index < -0.39 is 18.4 Å². The summed E-state index contributed by atoms with van der Waals surface area (Å²) in [4.78, 5) is 0. The molecule has 2 atom stereocenters. The van der Waals surface area contributed by atoms with Crippen molar-refractivity contribution in [2.24, 2.45) is 0 Å². The van der Waals surface area contributed by atoms with Gasteiger partial charge in [-0.15, -0.1) is 0 Å². The van der Waals surface area contributed by atoms with E-state index in [2.05, 4.69) is 58.0 Å². The van der Waals surface area contributed by atoms with Crippen LogP contribution in [-0.4, -0.2) is 18.4 Å². The summed E-state index contributed by atoms with van der Waals surface area (Å²) in [5.41, 5.74) is 2.17. The number of rotatable bonds is 11. The van der Waals surface area contributed by atoms with Crippen LogP contribution in [0.5, 0.6) is 0 Å². The molecule has 0 spiro atoms. The fourth-order valence-corrected chi connectivity index (χ4v) is 25.8. The SMILES string of the molecule is CCC[CH2][Sn]([CH2]CCC)([CH2]CCC)[C@H]1C[C@]1(C)c1ccccc1. The summed E-state index contributed by atoms with van der Waals surface area (Å²) >= 11 is -2.04. The van der Waals surface area contributed by atoms with Crippen molar-refractivity contribution < 1.29 is 0 Å². The second-order valence-electron chi connectivity index (χ2n) is 8.21. The van der Waals surface area contributed by atoms with Gasteiger partial charge in [-0.05, 0) is 0 Å². The summed E-state index contributed by atoms with van der Waals surface area (Å²) in [6.07, 6.45) is 10.2. The molecule has 1 aliphatic rings. The molecule has 0 aromatic heterocycles. The summed E-state index contributed by atoms with van der Waals surface area (Å²) in [6.45, 7) is 9.75. The van der Waals surface area contributed by atoms with Crippen LogP contribution in [0.1, 0.15) is 78.2 Å². The van der Waals surface area contributed by atoms with Gasteiger partial charge >= 0.3 is 150 Å². The third kappa shape index (κ3) is 4.55. The average molecular weight is 421 g/mol. The Morgan fingerprint density at radius 2 is 1.35 bits per heavy atom. The molecule has 0 nitrogen and oxygen atoms in total. The van der Waals surface area contributed by atoms with E-state index >= 15 is 0 Å². The minimum absolute atomic E-state index is 0.534. The monoisotopic (exact) mass is 422 g/mol. The molecule has 0 heterocycles. The van der Waals surface area contributed by atoms with Crippen molar-refractivity contribution in [3.63, 3.8) is 0 Å². The molecule has 0 aliphatic heterocycles. The van der Waals surface area contributed by atoms with Crippen LogP contribution in [0, 0.1) is 0 Å². The van der Waals surface area contributed by atoms with E-state index in [1.807, 2.05) is 0 Å². The molecular formula is C22H38Sn. The van der Waals surface area contributed by atoms with Crippen LogP contribution in [0.25, 0.3) is 0 Å². The first-order valence-electron chi connectivity index (χ1n) is 10.2. The third-order valence-electron chi connectivity index (χ3n) is 6.49. The van der Waals surface area contributed by atoms with E-state index in [1.54, 1.807) is 18.9 Å². The Morgan fingerprint density at radius 3 is 1.78 bits per heavy atom. The summed E-state index contributed by atoms with van der Waals surface area (Å²) in [5, 5.41) is 0. The molecule has 1 aromatic carbocycles. The van der Waals surface area contributed by atoms with E-state index in [4.69, 9.17) is 0 Å². The molecule has 0 amide bonds. The van der Waals surface area contributed by atoms with Gasteiger partial charge in [0.1, 0.15) is 0 Å². The maximum atomic E-state index is 2.59. The minimum atomic E-state index is -2.04. The second kappa shape index (κ2) is 8.92. The van der Waals surface area contributed by atoms with Crippen molar-refractivity contribution in [1.29, 1.82) is 0 Å². The van der Waals surface area contributed by atoms with Crippen LogP contribution in [-0.2, 0) is 5.41 Å². The van der Waals surface area contributed by atoms with Gasteiger partial charge in [-0.1, -0.05) is 0 Å². The number of hydrogen-bond acceptors (Lipinski definition) is 0. The number of benzene rings is 1. The summed E-state index contributed by atoms with van der Waals surface area (Å²) < 4.78 is 6.11. The molecule has 1 aliphatic carbocycles. The number of unbranched alkanes of at least 4 members (excludes halogenated alkanes) is 3. The van der Waals surface area contributed by atoms with Gasteiger partial charge in [0.15, 0.2) is 0 Å². The van der Waals surface area contributed by atoms with E-state index in [9.17, 15) is 0 Å². The van der Waals surface area contributed by atoms with Gasteiger partial charge < -0.3 is 0 Å². The van der Waals surface area contributed by atoms with Crippen molar-refractivity contribution in [2.45, 2.75) is 95.3 Å². The molecule has 0 bridgehead atoms. The van der Waals surface area contributed by atoms with E-state index in [0.717, 1.165) is 3.93 Å². The number of hydrogen-bond donors (Lipinski definition) is 0. The van der Waals surface area contributed by atoms with Crippen molar-refractivity contribution >= 4 is 18.4 Å². The first kappa shape index (κ1) is 19.3. The fourth-order valence-electron chi connectivity index (χ4n) is 4.88. The molecule has 2 rings (SSSR count). The van der Waals surface area contributed by atoms with Crippen molar-refractivity contribution in [2.75, 3.05) is 0 Å². The van der Waals surface area contributed by atoms with Crippen LogP contribution in [0.2, 0.25) is 17.2 Å². The summed E-state index contributed by atoms with van der Waals surface area (Å²) in [6, 6.07) is 11.5. The van der Waals surface area contributed by atoms with Gasteiger partial charge in [-0.2, -0.15) is 0 Å². The van der Waals surface area contributed by atoms with E-state index in [0.29, 0.717) is 5.41 Å². The molecular weight excluding hydrogens is 383 g/mol. The van der Waals surface area contributed by atoms with Crippen molar-refractivity contribution in [3.8, 4) is 0 Å². The Morgan fingerprint density at radius 1 is 0.870 bits per heavy atom. The van der Waals surface area contributed by atoms with Crippen molar-refractivity contribution in [1.82, 2.24) is 0 Å². The Bertz CT molecular complexity index is 431. The first-order valence-corrected chi connectivity index (χ1v) is 17.9. The molecule has 1 fully saturated rings. The van der Waals surface area contributed by atoms with Crippen LogP contribution >= 0.6 is 0 Å². The van der Waals surface area contributed by atoms with Gasteiger partial charge in [-0.3, -0.25) is 0 Å². The fraction of sp³-hybridized carbons (Fsp3) is 0.727. The molecule has 0 saturated heterocycles. The molecule has 130 valence electrons. The van der Waals surface area contributed by atoms with E-state index in [-0.39, 0.29) is 0 Å². The van der Waals surface area contributed by atoms with Gasteiger partial charge in [0.05, 0.1) is 0 Å². The quantitative estimate of drug-likeness (QED) is 0.323. The molecule has 1 saturated carbocycles. The average Bonchev–Trinajstić information content (AvgIpc) is 3.29. The Hall–Kier alpha value is 0.0187. The summed E-state index contributed by atoms with van der Waals surface area (Å²) in [5.74, 6) is 0. The normalized spacial score (nSPS) is 23.9. The molecule has 1 heteroatoms. The van der Waals surface area contributed by atoms with Crippen LogP contribution in [0.4, 0.5) is 0 Å². The molecule has 0 unspecified atom stereocenters. The zero-order chi connectivity index (χ0) is 16.8. The van der Waals surface area contributed by atoms with Crippen LogP contribution in [0.3, 0.4) is 0 Å². The van der Waals surface area contributed by atoms with Gasteiger partial charge in [-0.25, -0.2) is 0 Å². The van der Waals surface area contributed by atoms with Crippen molar-refractivity contribution in [3.05, 3.63) is 35.9 Å². The Labute approximate surface area is 149 Å². The molecule has 1 aromatic rings. The van der Waals surface area contributed by atoms with Gasteiger partial charge in [0, 0.05) is 0 Å².